The van der Waals surface area contributed by atoms with E-state index in [0.29, 0.717) is 0 Å². The highest BCUT2D eigenvalue weighted by molar-refractivity contribution is 5.83. The number of fused-ring (bicyclic) bond motifs is 3. The van der Waals surface area contributed by atoms with Crippen molar-refractivity contribution in [3.05, 3.63) is 323 Å². The molecule has 12 rings (SSSR count). The van der Waals surface area contributed by atoms with Crippen molar-refractivity contribution in [2.75, 3.05) is 14.7 Å². The van der Waals surface area contributed by atoms with E-state index in [0.717, 1.165) is 40.5 Å². The number of aryl methyl sites for hydroxylation is 6. The lowest BCUT2D eigenvalue weighted by atomic mass is 9.70. The molecule has 0 fully saturated rings. The monoisotopic (exact) mass is 1240 g/mol. The third kappa shape index (κ3) is 17.3. The van der Waals surface area contributed by atoms with Gasteiger partial charge in [0.25, 0.3) is 0 Å². The zero-order valence-corrected chi connectivity index (χ0v) is 57.9. The molecule has 2 aliphatic rings. The summed E-state index contributed by atoms with van der Waals surface area (Å²) in [6.07, 6.45) is 29.2. The lowest BCUT2D eigenvalue weighted by Gasteiger charge is -2.33. The van der Waals surface area contributed by atoms with E-state index >= 15 is 0 Å². The van der Waals surface area contributed by atoms with Crippen LogP contribution in [0, 0.1) is 41.5 Å². The smallest absolute Gasteiger partial charge is 0.0462 e. The van der Waals surface area contributed by atoms with E-state index in [-0.39, 0.29) is 5.41 Å². The molecular weight excluding hydrogens is 1140 g/mol. The van der Waals surface area contributed by atoms with Crippen LogP contribution in [0.15, 0.2) is 278 Å². The number of hydrogen-bond donors (Lipinski definition) is 0. The largest absolute Gasteiger partial charge is 0.311 e. The predicted molar refractivity (Wildman–Crippen MR) is 409 cm³/mol. The average Bonchev–Trinajstić information content (AvgIpc) is 1.57. The summed E-state index contributed by atoms with van der Waals surface area (Å²) < 4.78 is 0. The van der Waals surface area contributed by atoms with Gasteiger partial charge in [-0.3, -0.25) is 0 Å². The van der Waals surface area contributed by atoms with Crippen molar-refractivity contribution in [3.63, 3.8) is 0 Å². The normalized spacial score (nSPS) is 13.0. The van der Waals surface area contributed by atoms with Crippen molar-refractivity contribution >= 4 is 45.5 Å². The standard InChI is InChI=1S/C38H32N2.C31H46.C22H23N/c1-29-13-21-35(22-14-29)39(33-9-5-3-6-10-33)37-25-17-31(18-26-37)32-19-27-38(28-20-32)40(34-11-7-4-8-12-34)36-23-15-30(2)16-24-36;1-5-7-9-11-13-15-21-31(22-16-14-12-10-8-6-2)29-23-25(3)17-19-27(29)28-20-18-26(4)24-30(28)31;1-4-19-6-5-7-22(16-19)23(20-12-8-17(2)9-13-20)21-14-10-18(3)11-15-21/h3-28H,1-2H3;17-20,23-24H,5-16,21-22H2,1-4H3;4-5,7-16H,6H2,1-3H3/b;;19-4-. The molecule has 94 heavy (non-hydrogen) atoms. The second-order valence-corrected chi connectivity index (χ2v) is 26.4. The zero-order valence-electron chi connectivity index (χ0n) is 57.9. The Kier molecular flexibility index (Phi) is 24.2. The number of unbranched alkanes of at least 4 members (excludes halogenated alkanes) is 10. The van der Waals surface area contributed by atoms with Crippen molar-refractivity contribution in [2.45, 2.75) is 164 Å². The molecule has 3 heteroatoms. The Bertz CT molecular complexity index is 3800. The summed E-state index contributed by atoms with van der Waals surface area (Å²) in [6.45, 7) is 19.8. The number of hydrogen-bond acceptors (Lipinski definition) is 3. The molecule has 3 nitrogen and oxygen atoms in total. The molecular formula is C91H101N3. The van der Waals surface area contributed by atoms with E-state index in [1.807, 2.05) is 0 Å². The van der Waals surface area contributed by atoms with Gasteiger partial charge in [-0.05, 0) is 216 Å². The Morgan fingerprint density at radius 2 is 0.638 bits per heavy atom. The van der Waals surface area contributed by atoms with Gasteiger partial charge in [0.15, 0.2) is 0 Å². The maximum Gasteiger partial charge on any atom is 0.0462 e. The molecule has 0 saturated heterocycles. The van der Waals surface area contributed by atoms with Crippen LogP contribution in [-0.2, 0) is 5.41 Å². The number of rotatable bonds is 24. The van der Waals surface area contributed by atoms with Gasteiger partial charge in [-0.2, -0.15) is 0 Å². The molecule has 10 aromatic carbocycles. The van der Waals surface area contributed by atoms with Crippen LogP contribution in [-0.4, -0.2) is 0 Å². The Morgan fingerprint density at radius 1 is 0.330 bits per heavy atom. The molecule has 0 unspecified atom stereocenters. The average molecular weight is 1240 g/mol. The van der Waals surface area contributed by atoms with Crippen molar-refractivity contribution in [1.82, 2.24) is 0 Å². The van der Waals surface area contributed by atoms with Gasteiger partial charge in [0.05, 0.1) is 0 Å². The van der Waals surface area contributed by atoms with E-state index in [1.54, 1.807) is 11.1 Å². The first-order chi connectivity index (χ1) is 45.9. The van der Waals surface area contributed by atoms with Crippen LogP contribution in [0.1, 0.15) is 162 Å². The Morgan fingerprint density at radius 3 is 0.989 bits per heavy atom. The van der Waals surface area contributed by atoms with Gasteiger partial charge in [-0.1, -0.05) is 282 Å². The second kappa shape index (κ2) is 33.6. The van der Waals surface area contributed by atoms with Crippen LogP contribution >= 0.6 is 0 Å². The molecule has 0 heterocycles. The quantitative estimate of drug-likeness (QED) is 0.0558. The fourth-order valence-electron chi connectivity index (χ4n) is 13.6. The lowest BCUT2D eigenvalue weighted by molar-refractivity contribution is 0.397. The van der Waals surface area contributed by atoms with E-state index in [9.17, 15) is 0 Å². The minimum absolute atomic E-state index is 0.234. The summed E-state index contributed by atoms with van der Waals surface area (Å²) in [5, 5.41) is 0. The molecule has 0 bridgehead atoms. The zero-order chi connectivity index (χ0) is 65.7. The first-order valence-electron chi connectivity index (χ1n) is 35.2. The molecule has 0 atom stereocenters. The highest BCUT2D eigenvalue weighted by Gasteiger charge is 2.42. The van der Waals surface area contributed by atoms with Gasteiger partial charge in [-0.15, -0.1) is 0 Å². The molecule has 0 N–H and O–H groups in total. The fraction of sp³-hybridized carbons (Fsp3) is 0.275. The van der Waals surface area contributed by atoms with Gasteiger partial charge in [-0.25, -0.2) is 0 Å². The van der Waals surface area contributed by atoms with Gasteiger partial charge >= 0.3 is 0 Å². The number of anilines is 8. The van der Waals surface area contributed by atoms with E-state index in [2.05, 4.69) is 344 Å². The Hall–Kier alpha value is -9.18. The molecule has 10 aromatic rings. The van der Waals surface area contributed by atoms with Crippen molar-refractivity contribution in [2.24, 2.45) is 0 Å². The minimum Gasteiger partial charge on any atom is -0.311 e. The van der Waals surface area contributed by atoms with Gasteiger partial charge in [0.1, 0.15) is 0 Å². The summed E-state index contributed by atoms with van der Waals surface area (Å²) >= 11 is 0. The Balaban J connectivity index is 0.000000160. The van der Waals surface area contributed by atoms with Crippen molar-refractivity contribution in [1.29, 1.82) is 0 Å². The minimum atomic E-state index is 0.234. The van der Waals surface area contributed by atoms with Crippen LogP contribution in [0.4, 0.5) is 45.5 Å². The van der Waals surface area contributed by atoms with Crippen molar-refractivity contribution < 1.29 is 0 Å². The van der Waals surface area contributed by atoms with Crippen LogP contribution in [0.2, 0.25) is 0 Å². The number of benzene rings is 10. The van der Waals surface area contributed by atoms with E-state index in [4.69, 9.17) is 0 Å². The third-order valence-electron chi connectivity index (χ3n) is 19.0. The molecule has 2 aliphatic carbocycles. The van der Waals surface area contributed by atoms with Crippen LogP contribution in [0.25, 0.3) is 22.3 Å². The summed E-state index contributed by atoms with van der Waals surface area (Å²) in [5.74, 6) is 0. The first-order valence-corrected chi connectivity index (χ1v) is 35.2. The fourth-order valence-corrected chi connectivity index (χ4v) is 13.6. The summed E-state index contributed by atoms with van der Waals surface area (Å²) in [4.78, 5) is 6.91. The topological polar surface area (TPSA) is 9.72 Å². The van der Waals surface area contributed by atoms with Crippen molar-refractivity contribution in [3.8, 4) is 22.3 Å². The SMILES string of the molecule is C/C=C1\C=C(N(c2ccc(C)cc2)c2ccc(C)cc2)C=CC1.CCCCCCCCC1(CCCCCCCC)c2cc(C)ccc2-c2ccc(C)cc21.Cc1ccc(N(c2ccccc2)c2ccc(-c3ccc(N(c4ccccc4)c4ccc(C)cc4)cc3)cc2)cc1. The van der Waals surface area contributed by atoms with Gasteiger partial charge < -0.3 is 14.7 Å². The van der Waals surface area contributed by atoms with E-state index < -0.39 is 0 Å². The maximum atomic E-state index is 2.53. The lowest BCUT2D eigenvalue weighted by Crippen LogP contribution is -2.25. The number of allylic oxidation sites excluding steroid dienone is 5. The highest BCUT2D eigenvalue weighted by atomic mass is 15.2. The van der Waals surface area contributed by atoms with E-state index in [1.165, 1.54) is 168 Å². The molecule has 0 saturated carbocycles. The summed E-state index contributed by atoms with van der Waals surface area (Å²) in [6, 6.07) is 88.0. The molecule has 0 spiro atoms. The molecule has 480 valence electrons. The van der Waals surface area contributed by atoms with Gasteiger partial charge in [0, 0.05) is 56.6 Å². The summed E-state index contributed by atoms with van der Waals surface area (Å²) in [7, 11) is 0. The van der Waals surface area contributed by atoms with Crippen LogP contribution in [0.3, 0.4) is 0 Å². The highest BCUT2D eigenvalue weighted by Crippen LogP contribution is 2.55. The number of nitrogens with zero attached hydrogens (tertiary/aromatic N) is 3. The second-order valence-electron chi connectivity index (χ2n) is 26.4. The molecule has 0 amide bonds. The molecule has 0 aliphatic heterocycles. The maximum absolute atomic E-state index is 2.53. The third-order valence-corrected chi connectivity index (χ3v) is 19.0. The van der Waals surface area contributed by atoms with Gasteiger partial charge in [0.2, 0.25) is 0 Å². The predicted octanol–water partition coefficient (Wildman–Crippen LogP) is 27.2. The number of para-hydroxylation sites is 2. The van der Waals surface area contributed by atoms with Crippen LogP contribution in [0.5, 0.6) is 0 Å². The molecule has 0 radical (unpaired) electrons. The van der Waals surface area contributed by atoms with Crippen LogP contribution < -0.4 is 14.7 Å². The summed E-state index contributed by atoms with van der Waals surface area (Å²) in [5.41, 5.74) is 28.6. The Labute approximate surface area is 565 Å². The first kappa shape index (κ1) is 67.7. The molecule has 0 aromatic heterocycles.